The van der Waals surface area contributed by atoms with E-state index in [9.17, 15) is 23.9 Å². The Bertz CT molecular complexity index is 1980. The highest BCUT2D eigenvalue weighted by Gasteiger charge is 2.38. The molecule has 12 heteroatoms. The Labute approximate surface area is 275 Å². The SMILES string of the molecule is CN(C)Cc1ccc(-c2cccc3c2CCN(C(=O)c2cn(-c4cccc(Cl)c4F)nn2)C3C(=O)Nc2ccc(C(=O)O)cc2)cc1. The van der Waals surface area contributed by atoms with Gasteiger partial charge in [0.1, 0.15) is 11.7 Å². The van der Waals surface area contributed by atoms with Gasteiger partial charge < -0.3 is 20.2 Å². The number of carboxylic acids is 1. The van der Waals surface area contributed by atoms with Crippen molar-refractivity contribution in [1.82, 2.24) is 24.8 Å². The molecule has 0 spiro atoms. The van der Waals surface area contributed by atoms with Crippen LogP contribution in [0.15, 0.2) is 91.1 Å². The number of hydrogen-bond acceptors (Lipinski definition) is 6. The molecule has 6 rings (SSSR count). The van der Waals surface area contributed by atoms with Crippen molar-refractivity contribution in [1.29, 1.82) is 0 Å². The van der Waals surface area contributed by atoms with Gasteiger partial charge in [0.25, 0.3) is 11.8 Å². The summed E-state index contributed by atoms with van der Waals surface area (Å²) in [5.41, 5.74) is 5.07. The Kier molecular flexibility index (Phi) is 8.84. The van der Waals surface area contributed by atoms with E-state index < -0.39 is 29.6 Å². The minimum atomic E-state index is -1.09. The zero-order valence-corrected chi connectivity index (χ0v) is 26.3. The average Bonchev–Trinajstić information content (AvgIpc) is 3.55. The second-order valence-electron chi connectivity index (χ2n) is 11.5. The molecule has 0 fully saturated rings. The molecule has 1 aromatic heterocycles. The molecule has 0 bridgehead atoms. The van der Waals surface area contributed by atoms with Crippen molar-refractivity contribution in [2.75, 3.05) is 26.0 Å². The van der Waals surface area contributed by atoms with Crippen LogP contribution in [0.25, 0.3) is 16.8 Å². The molecule has 238 valence electrons. The van der Waals surface area contributed by atoms with E-state index in [4.69, 9.17) is 11.6 Å². The summed E-state index contributed by atoms with van der Waals surface area (Å²) < 4.78 is 15.8. The molecule has 47 heavy (non-hydrogen) atoms. The van der Waals surface area contributed by atoms with Crippen LogP contribution in [0.2, 0.25) is 5.02 Å². The standard InChI is InChI=1S/C35H30ClFN6O4/c1-41(2)19-21-9-11-22(12-10-21)25-5-3-6-27-26(25)17-18-42(32(27)33(44)38-24-15-13-23(14-16-24)35(46)47)34(45)29-20-43(40-39-29)30-8-4-7-28(36)31(30)37/h3-16,20,32H,17-19H2,1-2H3,(H,38,44)(H,46,47). The summed E-state index contributed by atoms with van der Waals surface area (Å²) in [5.74, 6) is -2.86. The Morgan fingerprint density at radius 1 is 1.00 bits per heavy atom. The van der Waals surface area contributed by atoms with Gasteiger partial charge >= 0.3 is 5.97 Å². The molecule has 1 aliphatic heterocycles. The van der Waals surface area contributed by atoms with Gasteiger partial charge in [0.15, 0.2) is 11.5 Å². The molecule has 1 aliphatic rings. The number of nitrogens with one attached hydrogen (secondary N) is 1. The van der Waals surface area contributed by atoms with Crippen molar-refractivity contribution in [3.8, 4) is 16.8 Å². The summed E-state index contributed by atoms with van der Waals surface area (Å²) in [6.07, 6.45) is 1.77. The lowest BCUT2D eigenvalue weighted by Gasteiger charge is -2.37. The molecule has 5 aromatic rings. The minimum Gasteiger partial charge on any atom is -0.478 e. The van der Waals surface area contributed by atoms with Crippen molar-refractivity contribution in [3.05, 3.63) is 130 Å². The average molecular weight is 653 g/mol. The lowest BCUT2D eigenvalue weighted by molar-refractivity contribution is -0.121. The lowest BCUT2D eigenvalue weighted by atomic mass is 9.85. The fourth-order valence-corrected chi connectivity index (χ4v) is 5.97. The number of halogens is 2. The number of benzene rings is 4. The second kappa shape index (κ2) is 13.1. The van der Waals surface area contributed by atoms with Crippen LogP contribution in [0.5, 0.6) is 0 Å². The normalized spacial score (nSPS) is 14.1. The van der Waals surface area contributed by atoms with Gasteiger partial charge in [0.05, 0.1) is 16.8 Å². The van der Waals surface area contributed by atoms with Gasteiger partial charge in [-0.2, -0.15) is 0 Å². The first-order chi connectivity index (χ1) is 22.6. The van der Waals surface area contributed by atoms with Crippen LogP contribution < -0.4 is 5.32 Å². The highest BCUT2D eigenvalue weighted by atomic mass is 35.5. The first-order valence-electron chi connectivity index (χ1n) is 14.8. The Morgan fingerprint density at radius 3 is 2.43 bits per heavy atom. The highest BCUT2D eigenvalue weighted by molar-refractivity contribution is 6.30. The Hall–Kier alpha value is -5.39. The van der Waals surface area contributed by atoms with E-state index in [1.807, 2.05) is 32.3 Å². The van der Waals surface area contributed by atoms with Crippen LogP contribution in [-0.2, 0) is 17.8 Å². The largest absolute Gasteiger partial charge is 0.478 e. The van der Waals surface area contributed by atoms with E-state index in [2.05, 4.69) is 44.8 Å². The van der Waals surface area contributed by atoms with Gasteiger partial charge in [-0.15, -0.1) is 5.10 Å². The van der Waals surface area contributed by atoms with Crippen LogP contribution in [-0.4, -0.2) is 68.3 Å². The molecular weight excluding hydrogens is 623 g/mol. The van der Waals surface area contributed by atoms with E-state index in [-0.39, 0.29) is 28.5 Å². The summed E-state index contributed by atoms with van der Waals surface area (Å²) in [6, 6.07) is 23.1. The molecule has 2 heterocycles. The molecule has 0 saturated heterocycles. The number of hydrogen-bond donors (Lipinski definition) is 2. The number of rotatable bonds is 8. The molecule has 4 aromatic carbocycles. The fraction of sp³-hybridized carbons (Fsp3) is 0.171. The summed E-state index contributed by atoms with van der Waals surface area (Å²) in [4.78, 5) is 42.9. The molecule has 2 N–H and O–H groups in total. The van der Waals surface area contributed by atoms with Gasteiger partial charge in [-0.25, -0.2) is 13.9 Å². The summed E-state index contributed by atoms with van der Waals surface area (Å²) >= 11 is 5.94. The first kappa shape index (κ1) is 31.6. The zero-order valence-electron chi connectivity index (χ0n) is 25.5. The van der Waals surface area contributed by atoms with E-state index >= 15 is 0 Å². The van der Waals surface area contributed by atoms with Gasteiger partial charge in [0.2, 0.25) is 0 Å². The van der Waals surface area contributed by atoms with Crippen molar-refractivity contribution < 1.29 is 23.9 Å². The molecule has 0 saturated carbocycles. The molecule has 0 aliphatic carbocycles. The van der Waals surface area contributed by atoms with E-state index in [1.165, 1.54) is 47.5 Å². The van der Waals surface area contributed by atoms with Crippen LogP contribution in [0.4, 0.5) is 10.1 Å². The molecule has 2 amide bonds. The van der Waals surface area contributed by atoms with Gasteiger partial charge in [-0.05, 0) is 84.7 Å². The van der Waals surface area contributed by atoms with Crippen molar-refractivity contribution in [3.63, 3.8) is 0 Å². The van der Waals surface area contributed by atoms with Crippen LogP contribution in [0, 0.1) is 5.82 Å². The number of amides is 2. The number of fused-ring (bicyclic) bond motifs is 1. The zero-order chi connectivity index (χ0) is 33.2. The predicted molar refractivity (Wildman–Crippen MR) is 175 cm³/mol. The lowest BCUT2D eigenvalue weighted by Crippen LogP contribution is -2.45. The summed E-state index contributed by atoms with van der Waals surface area (Å²) in [7, 11) is 4.02. The monoisotopic (exact) mass is 652 g/mol. The van der Waals surface area contributed by atoms with E-state index in [0.29, 0.717) is 17.7 Å². The molecule has 1 unspecified atom stereocenters. The second-order valence-corrected chi connectivity index (χ2v) is 11.9. The van der Waals surface area contributed by atoms with E-state index in [1.54, 1.807) is 6.07 Å². The smallest absolute Gasteiger partial charge is 0.335 e. The maximum absolute atomic E-state index is 14.7. The molecule has 1 atom stereocenters. The van der Waals surface area contributed by atoms with Gasteiger partial charge in [-0.1, -0.05) is 65.3 Å². The predicted octanol–water partition coefficient (Wildman–Crippen LogP) is 5.86. The number of carbonyl (C=O) groups is 3. The van der Waals surface area contributed by atoms with E-state index in [0.717, 1.165) is 33.5 Å². The third-order valence-electron chi connectivity index (χ3n) is 7.98. The fourth-order valence-electron chi connectivity index (χ4n) is 5.80. The molecular formula is C35H30ClFN6O4. The highest BCUT2D eigenvalue weighted by Crippen LogP contribution is 2.38. The van der Waals surface area contributed by atoms with Crippen LogP contribution in [0.1, 0.15) is 43.6 Å². The number of nitrogens with zero attached hydrogens (tertiary/aromatic N) is 5. The molecule has 10 nitrogen and oxygen atoms in total. The quantitative estimate of drug-likeness (QED) is 0.215. The number of aromatic carboxylic acids is 1. The van der Waals surface area contributed by atoms with Crippen molar-refractivity contribution >= 4 is 35.1 Å². The van der Waals surface area contributed by atoms with Gasteiger partial charge in [0, 0.05) is 18.8 Å². The summed E-state index contributed by atoms with van der Waals surface area (Å²) in [6.45, 7) is 0.991. The van der Waals surface area contributed by atoms with Crippen LogP contribution >= 0.6 is 11.6 Å². The number of anilines is 1. The minimum absolute atomic E-state index is 0.0217. The number of carbonyl (C=O) groups excluding carboxylic acids is 2. The maximum atomic E-state index is 14.7. The Morgan fingerprint density at radius 2 is 1.72 bits per heavy atom. The first-order valence-corrected chi connectivity index (χ1v) is 15.2. The third kappa shape index (κ3) is 6.49. The maximum Gasteiger partial charge on any atom is 0.335 e. The topological polar surface area (TPSA) is 121 Å². The van der Waals surface area contributed by atoms with Crippen molar-refractivity contribution in [2.45, 2.75) is 19.0 Å². The van der Waals surface area contributed by atoms with Gasteiger partial charge in [-0.3, -0.25) is 9.59 Å². The van der Waals surface area contributed by atoms with Crippen molar-refractivity contribution in [2.24, 2.45) is 0 Å². The number of carboxylic acid groups (broad SMARTS) is 1. The van der Waals surface area contributed by atoms with Crippen LogP contribution in [0.3, 0.4) is 0 Å². The summed E-state index contributed by atoms with van der Waals surface area (Å²) in [5, 5.41) is 20.0. The number of aromatic nitrogens is 3. The Balaban J connectivity index is 1.37. The third-order valence-corrected chi connectivity index (χ3v) is 8.28. The molecule has 0 radical (unpaired) electrons.